The molecule has 1 aromatic heterocycles. The lowest BCUT2D eigenvalue weighted by molar-refractivity contribution is -0.118. The van der Waals surface area contributed by atoms with E-state index in [1.54, 1.807) is 18.4 Å². The van der Waals surface area contributed by atoms with Gasteiger partial charge in [0, 0.05) is 37.1 Å². The molecule has 0 bridgehead atoms. The molecule has 0 radical (unpaired) electrons. The van der Waals surface area contributed by atoms with Gasteiger partial charge < -0.3 is 15.5 Å². The molecule has 144 valence electrons. The Morgan fingerprint density at radius 3 is 2.85 bits per heavy atom. The zero-order chi connectivity index (χ0) is 19.2. The molecule has 2 N–H and O–H groups in total. The SMILES string of the molecule is CN=C(NCCCC(=O)N1CCc2ccccc21)NCc1sc(C)nc1C. The van der Waals surface area contributed by atoms with Gasteiger partial charge in [-0.25, -0.2) is 4.98 Å². The van der Waals surface area contributed by atoms with Crippen LogP contribution in [0.3, 0.4) is 0 Å². The second-order valence-electron chi connectivity index (χ2n) is 6.62. The van der Waals surface area contributed by atoms with Gasteiger partial charge in [0.05, 0.1) is 17.2 Å². The quantitative estimate of drug-likeness (QED) is 0.456. The second-order valence-corrected chi connectivity index (χ2v) is 7.91. The first-order valence-corrected chi connectivity index (χ1v) is 10.2. The highest BCUT2D eigenvalue weighted by atomic mass is 32.1. The minimum atomic E-state index is 0.195. The minimum Gasteiger partial charge on any atom is -0.356 e. The van der Waals surface area contributed by atoms with Crippen molar-refractivity contribution in [2.75, 3.05) is 25.0 Å². The third-order valence-corrected chi connectivity index (χ3v) is 5.76. The number of amides is 1. The van der Waals surface area contributed by atoms with E-state index >= 15 is 0 Å². The number of nitrogens with one attached hydrogen (secondary N) is 2. The average Bonchev–Trinajstić information content (AvgIpc) is 3.23. The summed E-state index contributed by atoms with van der Waals surface area (Å²) in [4.78, 5) is 24.3. The van der Waals surface area contributed by atoms with E-state index in [0.29, 0.717) is 19.5 Å². The summed E-state index contributed by atoms with van der Waals surface area (Å²) in [7, 11) is 1.76. The molecule has 0 spiro atoms. The first-order valence-electron chi connectivity index (χ1n) is 9.34. The Morgan fingerprint density at radius 2 is 2.11 bits per heavy atom. The van der Waals surface area contributed by atoms with Crippen LogP contribution in [0.4, 0.5) is 5.69 Å². The minimum absolute atomic E-state index is 0.195. The molecule has 27 heavy (non-hydrogen) atoms. The van der Waals surface area contributed by atoms with Crippen molar-refractivity contribution >= 4 is 28.9 Å². The molecule has 2 heterocycles. The molecule has 1 aromatic carbocycles. The van der Waals surface area contributed by atoms with Gasteiger partial charge in [-0.05, 0) is 38.3 Å². The van der Waals surface area contributed by atoms with E-state index in [4.69, 9.17) is 0 Å². The highest BCUT2D eigenvalue weighted by Crippen LogP contribution is 2.27. The number of nitrogens with zero attached hydrogens (tertiary/aromatic N) is 3. The summed E-state index contributed by atoms with van der Waals surface area (Å²) in [6.07, 6.45) is 2.26. The van der Waals surface area contributed by atoms with Crippen LogP contribution in [-0.2, 0) is 17.8 Å². The van der Waals surface area contributed by atoms with Gasteiger partial charge >= 0.3 is 0 Å². The fraction of sp³-hybridized carbons (Fsp3) is 0.450. The maximum Gasteiger partial charge on any atom is 0.227 e. The molecule has 2 aromatic rings. The van der Waals surface area contributed by atoms with Crippen molar-refractivity contribution in [2.45, 2.75) is 39.7 Å². The van der Waals surface area contributed by atoms with E-state index in [-0.39, 0.29) is 5.91 Å². The number of hydrogen-bond acceptors (Lipinski definition) is 4. The zero-order valence-electron chi connectivity index (χ0n) is 16.2. The van der Waals surface area contributed by atoms with Gasteiger partial charge in [-0.3, -0.25) is 9.79 Å². The van der Waals surface area contributed by atoms with Gasteiger partial charge in [0.1, 0.15) is 0 Å². The topological polar surface area (TPSA) is 69.6 Å². The molecule has 0 unspecified atom stereocenters. The maximum absolute atomic E-state index is 12.5. The van der Waals surface area contributed by atoms with E-state index in [1.807, 2.05) is 36.9 Å². The summed E-state index contributed by atoms with van der Waals surface area (Å²) in [5.41, 5.74) is 3.40. The van der Waals surface area contributed by atoms with Crippen LogP contribution in [0.2, 0.25) is 0 Å². The molecule has 1 aliphatic heterocycles. The number of rotatable bonds is 6. The van der Waals surface area contributed by atoms with Gasteiger partial charge in [0.25, 0.3) is 0 Å². The molecule has 3 rings (SSSR count). The van der Waals surface area contributed by atoms with E-state index in [9.17, 15) is 4.79 Å². The summed E-state index contributed by atoms with van der Waals surface area (Å²) in [5, 5.41) is 7.67. The van der Waals surface area contributed by atoms with Crippen LogP contribution in [0, 0.1) is 13.8 Å². The summed E-state index contributed by atoms with van der Waals surface area (Å²) in [6.45, 7) is 6.26. The number of guanidine groups is 1. The summed E-state index contributed by atoms with van der Waals surface area (Å²) < 4.78 is 0. The predicted octanol–water partition coefficient (Wildman–Crippen LogP) is 2.79. The lowest BCUT2D eigenvalue weighted by Gasteiger charge is -2.17. The molecule has 0 fully saturated rings. The number of aliphatic imine (C=N–C) groups is 1. The Bertz CT molecular complexity index is 830. The summed E-state index contributed by atoms with van der Waals surface area (Å²) >= 11 is 1.70. The molecule has 7 heteroatoms. The number of carbonyl (C=O) groups excluding carboxylic acids is 1. The lowest BCUT2D eigenvalue weighted by atomic mass is 10.2. The number of benzene rings is 1. The Kier molecular flexibility index (Phi) is 6.45. The standard InChI is InChI=1S/C20H27N5OS/c1-14-18(27-15(2)24-14)13-23-20(21-3)22-11-6-9-19(26)25-12-10-16-7-4-5-8-17(16)25/h4-5,7-8H,6,9-13H2,1-3H3,(H2,21,22,23). The normalized spacial score (nSPS) is 13.6. The number of anilines is 1. The number of para-hydroxylation sites is 1. The van der Waals surface area contributed by atoms with Gasteiger partial charge in [-0.1, -0.05) is 18.2 Å². The molecule has 0 aliphatic carbocycles. The Hall–Kier alpha value is -2.41. The van der Waals surface area contributed by atoms with Crippen molar-refractivity contribution in [1.29, 1.82) is 0 Å². The average molecular weight is 386 g/mol. The van der Waals surface area contributed by atoms with E-state index in [2.05, 4.69) is 26.7 Å². The number of aryl methyl sites for hydroxylation is 2. The number of thiazole rings is 1. The molecule has 1 amide bonds. The number of hydrogen-bond donors (Lipinski definition) is 2. The third kappa shape index (κ3) is 4.86. The van der Waals surface area contributed by atoms with Crippen LogP contribution in [0.15, 0.2) is 29.3 Å². The Balaban J connectivity index is 1.40. The molecule has 0 saturated heterocycles. The molecule has 0 saturated carbocycles. The van der Waals surface area contributed by atoms with Gasteiger partial charge in [-0.2, -0.15) is 0 Å². The summed E-state index contributed by atoms with van der Waals surface area (Å²) in [6, 6.07) is 8.16. The predicted molar refractivity (Wildman–Crippen MR) is 112 cm³/mol. The van der Waals surface area contributed by atoms with Crippen LogP contribution < -0.4 is 15.5 Å². The van der Waals surface area contributed by atoms with E-state index < -0.39 is 0 Å². The number of carbonyl (C=O) groups is 1. The smallest absolute Gasteiger partial charge is 0.227 e. The fourth-order valence-corrected chi connectivity index (χ4v) is 4.18. The molecule has 1 aliphatic rings. The molecule has 0 atom stereocenters. The van der Waals surface area contributed by atoms with Crippen molar-refractivity contribution < 1.29 is 4.79 Å². The van der Waals surface area contributed by atoms with E-state index in [0.717, 1.165) is 41.7 Å². The Morgan fingerprint density at radius 1 is 1.30 bits per heavy atom. The monoisotopic (exact) mass is 385 g/mol. The third-order valence-electron chi connectivity index (χ3n) is 4.69. The highest BCUT2D eigenvalue weighted by Gasteiger charge is 2.23. The van der Waals surface area contributed by atoms with Gasteiger partial charge in [-0.15, -0.1) is 11.3 Å². The van der Waals surface area contributed by atoms with Crippen LogP contribution in [0.25, 0.3) is 0 Å². The van der Waals surface area contributed by atoms with Crippen molar-refractivity contribution in [3.05, 3.63) is 45.4 Å². The lowest BCUT2D eigenvalue weighted by Crippen LogP contribution is -2.37. The largest absolute Gasteiger partial charge is 0.356 e. The Labute approximate surface area is 164 Å². The maximum atomic E-state index is 12.5. The second kappa shape index (κ2) is 8.99. The zero-order valence-corrected chi connectivity index (χ0v) is 17.0. The highest BCUT2D eigenvalue weighted by molar-refractivity contribution is 7.11. The fourth-order valence-electron chi connectivity index (χ4n) is 3.30. The van der Waals surface area contributed by atoms with E-state index in [1.165, 1.54) is 10.4 Å². The first kappa shape index (κ1) is 19.4. The van der Waals surface area contributed by atoms with Crippen LogP contribution in [-0.4, -0.2) is 37.0 Å². The van der Waals surface area contributed by atoms with Gasteiger partial charge in [0.15, 0.2) is 5.96 Å². The number of fused-ring (bicyclic) bond motifs is 1. The molecular weight excluding hydrogens is 358 g/mol. The van der Waals surface area contributed by atoms with Crippen molar-refractivity contribution in [3.63, 3.8) is 0 Å². The van der Waals surface area contributed by atoms with Crippen molar-refractivity contribution in [3.8, 4) is 0 Å². The van der Waals surface area contributed by atoms with Gasteiger partial charge in [0.2, 0.25) is 5.91 Å². The molecule has 6 nitrogen and oxygen atoms in total. The van der Waals surface area contributed by atoms with Crippen molar-refractivity contribution in [2.24, 2.45) is 4.99 Å². The summed E-state index contributed by atoms with van der Waals surface area (Å²) in [5.74, 6) is 0.944. The molecular formula is C20H27N5OS. The van der Waals surface area contributed by atoms with Crippen molar-refractivity contribution in [1.82, 2.24) is 15.6 Å². The van der Waals surface area contributed by atoms with Crippen LogP contribution in [0.5, 0.6) is 0 Å². The number of aromatic nitrogens is 1. The van der Waals surface area contributed by atoms with Crippen LogP contribution >= 0.6 is 11.3 Å². The first-order chi connectivity index (χ1) is 13.1. The van der Waals surface area contributed by atoms with Crippen LogP contribution in [0.1, 0.15) is 34.0 Å².